The van der Waals surface area contributed by atoms with Gasteiger partial charge in [0.25, 0.3) is 5.91 Å². The molecule has 4 rings (SSSR count). The molecule has 7 heteroatoms. The Morgan fingerprint density at radius 3 is 2.44 bits per heavy atom. The van der Waals surface area contributed by atoms with Crippen molar-refractivity contribution in [3.63, 3.8) is 0 Å². The smallest absolute Gasteiger partial charge is 0.270 e. The number of aromatic nitrogens is 2. The second kappa shape index (κ2) is 6.82. The SMILES string of the molecule is O=C(Nc1nc(-c2ccccc2)ns1)[C@H]1CC(c2ccccc2)=NO1. The van der Waals surface area contributed by atoms with E-state index in [4.69, 9.17) is 4.84 Å². The van der Waals surface area contributed by atoms with Crippen molar-refractivity contribution >= 4 is 28.3 Å². The number of nitrogens with zero attached hydrogens (tertiary/aromatic N) is 3. The molecule has 6 nitrogen and oxygen atoms in total. The van der Waals surface area contributed by atoms with E-state index in [9.17, 15) is 4.79 Å². The molecule has 0 fully saturated rings. The number of anilines is 1. The van der Waals surface area contributed by atoms with E-state index in [2.05, 4.69) is 19.8 Å². The van der Waals surface area contributed by atoms with Crippen LogP contribution < -0.4 is 5.32 Å². The molecule has 1 aliphatic heterocycles. The zero-order valence-corrected chi connectivity index (χ0v) is 13.9. The Labute approximate surface area is 148 Å². The molecule has 25 heavy (non-hydrogen) atoms. The van der Waals surface area contributed by atoms with E-state index in [1.807, 2.05) is 60.7 Å². The summed E-state index contributed by atoms with van der Waals surface area (Å²) in [6.07, 6.45) is -0.223. The molecule has 1 aliphatic rings. The lowest BCUT2D eigenvalue weighted by Crippen LogP contribution is -2.28. The normalized spacial score (nSPS) is 16.2. The van der Waals surface area contributed by atoms with Crippen molar-refractivity contribution in [2.45, 2.75) is 12.5 Å². The number of carbonyl (C=O) groups excluding carboxylic acids is 1. The van der Waals surface area contributed by atoms with Crippen molar-refractivity contribution in [1.82, 2.24) is 9.36 Å². The molecule has 124 valence electrons. The minimum atomic E-state index is -0.653. The Hall–Kier alpha value is -3.06. The van der Waals surface area contributed by atoms with Crippen LogP contribution >= 0.6 is 11.5 Å². The van der Waals surface area contributed by atoms with Gasteiger partial charge in [0.15, 0.2) is 5.82 Å². The molecule has 0 saturated heterocycles. The zero-order valence-electron chi connectivity index (χ0n) is 13.1. The average Bonchev–Trinajstić information content (AvgIpc) is 3.33. The molecule has 1 aromatic heterocycles. The average molecular weight is 350 g/mol. The van der Waals surface area contributed by atoms with Crippen LogP contribution in [0.1, 0.15) is 12.0 Å². The highest BCUT2D eigenvalue weighted by Gasteiger charge is 2.29. The monoisotopic (exact) mass is 350 g/mol. The van der Waals surface area contributed by atoms with Gasteiger partial charge in [-0.1, -0.05) is 65.8 Å². The Balaban J connectivity index is 1.40. The van der Waals surface area contributed by atoms with E-state index in [0.29, 0.717) is 17.4 Å². The minimum Gasteiger partial charge on any atom is -0.382 e. The summed E-state index contributed by atoms with van der Waals surface area (Å²) < 4.78 is 4.28. The third-order valence-corrected chi connectivity index (χ3v) is 4.39. The van der Waals surface area contributed by atoms with Crippen molar-refractivity contribution in [1.29, 1.82) is 0 Å². The van der Waals surface area contributed by atoms with Crippen LogP contribution in [-0.4, -0.2) is 27.1 Å². The predicted molar refractivity (Wildman–Crippen MR) is 96.4 cm³/mol. The lowest BCUT2D eigenvalue weighted by molar-refractivity contribution is -0.125. The summed E-state index contributed by atoms with van der Waals surface area (Å²) >= 11 is 1.14. The van der Waals surface area contributed by atoms with Gasteiger partial charge < -0.3 is 4.84 Å². The maximum Gasteiger partial charge on any atom is 0.270 e. The number of rotatable bonds is 4. The molecule has 2 heterocycles. The fraction of sp³-hybridized carbons (Fsp3) is 0.111. The Bertz CT molecular complexity index is 909. The molecule has 0 spiro atoms. The highest BCUT2D eigenvalue weighted by molar-refractivity contribution is 7.10. The van der Waals surface area contributed by atoms with Crippen LogP contribution in [0.3, 0.4) is 0 Å². The number of hydrogen-bond donors (Lipinski definition) is 1. The summed E-state index contributed by atoms with van der Waals surface area (Å²) in [5.74, 6) is 0.319. The predicted octanol–water partition coefficient (Wildman–Crippen LogP) is 3.34. The Morgan fingerprint density at radius 2 is 1.72 bits per heavy atom. The van der Waals surface area contributed by atoms with Gasteiger partial charge in [-0.2, -0.15) is 9.36 Å². The number of carbonyl (C=O) groups is 1. The number of amides is 1. The van der Waals surface area contributed by atoms with E-state index in [-0.39, 0.29) is 5.91 Å². The van der Waals surface area contributed by atoms with Crippen molar-refractivity contribution < 1.29 is 9.63 Å². The summed E-state index contributed by atoms with van der Waals surface area (Å²) in [6.45, 7) is 0. The summed E-state index contributed by atoms with van der Waals surface area (Å²) in [7, 11) is 0. The first-order valence-electron chi connectivity index (χ1n) is 7.78. The van der Waals surface area contributed by atoms with Crippen LogP contribution in [-0.2, 0) is 9.63 Å². The molecular formula is C18H14N4O2S. The summed E-state index contributed by atoms with van der Waals surface area (Å²) in [6, 6.07) is 19.3. The second-order valence-corrected chi connectivity index (χ2v) is 6.23. The molecule has 1 N–H and O–H groups in total. The van der Waals surface area contributed by atoms with Crippen molar-refractivity contribution in [3.8, 4) is 11.4 Å². The molecule has 2 aromatic carbocycles. The molecule has 0 saturated carbocycles. The molecule has 0 radical (unpaired) electrons. The summed E-state index contributed by atoms with van der Waals surface area (Å²) in [5.41, 5.74) is 2.63. The van der Waals surface area contributed by atoms with Gasteiger partial charge in [0.05, 0.1) is 5.71 Å². The largest absolute Gasteiger partial charge is 0.382 e. The van der Waals surface area contributed by atoms with Gasteiger partial charge in [0.1, 0.15) is 0 Å². The van der Waals surface area contributed by atoms with Crippen molar-refractivity contribution in [3.05, 3.63) is 66.2 Å². The first kappa shape index (κ1) is 15.5. The molecule has 0 unspecified atom stereocenters. The third-order valence-electron chi connectivity index (χ3n) is 3.76. The lowest BCUT2D eigenvalue weighted by Gasteiger charge is -2.06. The van der Waals surface area contributed by atoms with Gasteiger partial charge in [-0.25, -0.2) is 0 Å². The first-order valence-corrected chi connectivity index (χ1v) is 8.55. The van der Waals surface area contributed by atoms with Gasteiger partial charge in [-0.15, -0.1) is 0 Å². The van der Waals surface area contributed by atoms with Gasteiger partial charge in [-0.05, 0) is 5.56 Å². The van der Waals surface area contributed by atoms with Crippen LogP contribution in [0.5, 0.6) is 0 Å². The Morgan fingerprint density at radius 1 is 1.04 bits per heavy atom. The molecular weight excluding hydrogens is 336 g/mol. The van der Waals surface area contributed by atoms with Gasteiger partial charge in [0, 0.05) is 23.5 Å². The fourth-order valence-electron chi connectivity index (χ4n) is 2.48. The van der Waals surface area contributed by atoms with Crippen LogP contribution in [0.15, 0.2) is 65.8 Å². The van der Waals surface area contributed by atoms with Gasteiger partial charge >= 0.3 is 0 Å². The number of benzene rings is 2. The topological polar surface area (TPSA) is 76.5 Å². The number of oxime groups is 1. The first-order chi connectivity index (χ1) is 12.3. The molecule has 1 atom stereocenters. The van der Waals surface area contributed by atoms with Crippen LogP contribution in [0.25, 0.3) is 11.4 Å². The van der Waals surface area contributed by atoms with Crippen LogP contribution in [0.4, 0.5) is 5.13 Å². The third kappa shape index (κ3) is 3.41. The molecule has 3 aromatic rings. The van der Waals surface area contributed by atoms with E-state index >= 15 is 0 Å². The standard InChI is InChI=1S/C18H14N4O2S/c23-17(15-11-14(21-24-15)12-7-3-1-4-8-12)20-18-19-16(22-25-18)13-9-5-2-6-10-13/h1-10,15H,11H2,(H,19,20,22,23)/t15-/m1/s1. The van der Waals surface area contributed by atoms with Gasteiger partial charge in [0.2, 0.25) is 11.2 Å². The van der Waals surface area contributed by atoms with E-state index in [1.54, 1.807) is 0 Å². The maximum atomic E-state index is 12.4. The van der Waals surface area contributed by atoms with Crippen LogP contribution in [0.2, 0.25) is 0 Å². The number of nitrogens with one attached hydrogen (secondary N) is 1. The summed E-state index contributed by atoms with van der Waals surface area (Å²) in [5, 5.41) is 7.22. The van der Waals surface area contributed by atoms with E-state index in [0.717, 1.165) is 28.4 Å². The Kier molecular flexibility index (Phi) is 4.22. The lowest BCUT2D eigenvalue weighted by atomic mass is 10.1. The minimum absolute atomic E-state index is 0.273. The summed E-state index contributed by atoms with van der Waals surface area (Å²) in [4.78, 5) is 22.0. The van der Waals surface area contributed by atoms with Crippen LogP contribution in [0, 0.1) is 0 Å². The fourth-order valence-corrected chi connectivity index (χ4v) is 3.08. The highest BCUT2D eigenvalue weighted by atomic mass is 32.1. The molecule has 0 aliphatic carbocycles. The van der Waals surface area contributed by atoms with Crippen molar-refractivity contribution in [2.75, 3.05) is 5.32 Å². The number of hydrogen-bond acceptors (Lipinski definition) is 6. The maximum absolute atomic E-state index is 12.4. The van der Waals surface area contributed by atoms with E-state index < -0.39 is 6.10 Å². The van der Waals surface area contributed by atoms with Gasteiger partial charge in [-0.3, -0.25) is 10.1 Å². The highest BCUT2D eigenvalue weighted by Crippen LogP contribution is 2.22. The van der Waals surface area contributed by atoms with Crippen molar-refractivity contribution in [2.24, 2.45) is 5.16 Å². The quantitative estimate of drug-likeness (QED) is 0.783. The molecule has 0 bridgehead atoms. The zero-order chi connectivity index (χ0) is 17.1. The molecule has 1 amide bonds. The van der Waals surface area contributed by atoms with E-state index in [1.165, 1.54) is 0 Å². The second-order valence-electron chi connectivity index (χ2n) is 5.48.